The highest BCUT2D eigenvalue weighted by Crippen LogP contribution is 2.33. The van der Waals surface area contributed by atoms with Gasteiger partial charge in [0.1, 0.15) is 5.75 Å². The van der Waals surface area contributed by atoms with Crippen LogP contribution in [0.15, 0.2) is 23.8 Å². The number of allylic oxidation sites excluding steroid dienone is 2. The predicted octanol–water partition coefficient (Wildman–Crippen LogP) is 4.09. The van der Waals surface area contributed by atoms with Crippen molar-refractivity contribution in [3.8, 4) is 5.75 Å². The lowest BCUT2D eigenvalue weighted by molar-refractivity contribution is 0.468. The highest BCUT2D eigenvalue weighted by atomic mass is 16.3. The van der Waals surface area contributed by atoms with Crippen molar-refractivity contribution in [2.75, 3.05) is 0 Å². The third kappa shape index (κ3) is 2.13. The largest absolute Gasteiger partial charge is 0.508 e. The van der Waals surface area contributed by atoms with E-state index in [1.54, 1.807) is 0 Å². The molecule has 1 aliphatic carbocycles. The first-order valence-electron chi connectivity index (χ1n) is 6.06. The summed E-state index contributed by atoms with van der Waals surface area (Å²) >= 11 is 0. The van der Waals surface area contributed by atoms with Gasteiger partial charge in [0.2, 0.25) is 0 Å². The molecule has 1 N–H and O–H groups in total. The van der Waals surface area contributed by atoms with E-state index >= 15 is 0 Å². The molecular formula is C15H20O. The molecule has 16 heavy (non-hydrogen) atoms. The minimum Gasteiger partial charge on any atom is -0.508 e. The Kier molecular flexibility index (Phi) is 3.04. The fourth-order valence-corrected chi connectivity index (χ4v) is 2.49. The van der Waals surface area contributed by atoms with Crippen LogP contribution in [0.5, 0.6) is 5.75 Å². The van der Waals surface area contributed by atoms with Gasteiger partial charge in [-0.2, -0.15) is 0 Å². The maximum Gasteiger partial charge on any atom is 0.118 e. The molecule has 0 saturated carbocycles. The van der Waals surface area contributed by atoms with Crippen LogP contribution in [0.25, 0.3) is 0 Å². The smallest absolute Gasteiger partial charge is 0.118 e. The zero-order valence-electron chi connectivity index (χ0n) is 10.4. The Morgan fingerprint density at radius 1 is 1.25 bits per heavy atom. The zero-order chi connectivity index (χ0) is 11.7. The molecule has 0 radical (unpaired) electrons. The van der Waals surface area contributed by atoms with Crippen LogP contribution in [-0.2, 0) is 6.42 Å². The van der Waals surface area contributed by atoms with Crippen LogP contribution in [0, 0.1) is 6.92 Å². The number of rotatable bonds is 0. The Morgan fingerprint density at radius 2 is 2.00 bits per heavy atom. The number of aryl methyl sites for hydroxylation is 1. The standard InChI is InChI=1S/C15H20O/c1-10-5-4-6-11(2)14-9-15(16)12(3)8-13(14)7-10/h5,8-9,11,16H,4,6-7H2,1-3H3/b10-5-/t11-/m1/s1. The summed E-state index contributed by atoms with van der Waals surface area (Å²) in [6.45, 7) is 6.42. The van der Waals surface area contributed by atoms with Crippen molar-refractivity contribution in [3.05, 3.63) is 40.5 Å². The molecule has 1 aliphatic rings. The number of hydrogen-bond donors (Lipinski definition) is 1. The summed E-state index contributed by atoms with van der Waals surface area (Å²) in [6, 6.07) is 4.11. The first-order chi connectivity index (χ1) is 7.58. The molecule has 0 saturated heterocycles. The normalized spacial score (nSPS) is 23.9. The van der Waals surface area contributed by atoms with Crippen molar-refractivity contribution in [2.24, 2.45) is 0 Å². The molecule has 0 aliphatic heterocycles. The van der Waals surface area contributed by atoms with E-state index in [4.69, 9.17) is 0 Å². The van der Waals surface area contributed by atoms with Gasteiger partial charge < -0.3 is 5.11 Å². The number of hydrogen-bond acceptors (Lipinski definition) is 1. The van der Waals surface area contributed by atoms with E-state index < -0.39 is 0 Å². The van der Waals surface area contributed by atoms with Crippen LogP contribution < -0.4 is 0 Å². The average molecular weight is 216 g/mol. The van der Waals surface area contributed by atoms with Crippen LogP contribution in [-0.4, -0.2) is 5.11 Å². The zero-order valence-corrected chi connectivity index (χ0v) is 10.4. The van der Waals surface area contributed by atoms with Gasteiger partial charge in [-0.15, -0.1) is 0 Å². The molecule has 0 spiro atoms. The van der Waals surface area contributed by atoms with Crippen molar-refractivity contribution in [3.63, 3.8) is 0 Å². The van der Waals surface area contributed by atoms with Crippen molar-refractivity contribution in [1.29, 1.82) is 0 Å². The molecule has 0 bridgehead atoms. The van der Waals surface area contributed by atoms with E-state index in [1.165, 1.54) is 23.1 Å². The van der Waals surface area contributed by atoms with Gasteiger partial charge >= 0.3 is 0 Å². The maximum atomic E-state index is 9.81. The summed E-state index contributed by atoms with van der Waals surface area (Å²) in [6.07, 6.45) is 5.70. The minimum absolute atomic E-state index is 0.438. The van der Waals surface area contributed by atoms with Crippen LogP contribution in [0.3, 0.4) is 0 Å². The average Bonchev–Trinajstić information content (AvgIpc) is 2.21. The number of phenols is 1. The molecule has 0 unspecified atom stereocenters. The molecular weight excluding hydrogens is 196 g/mol. The molecule has 86 valence electrons. The van der Waals surface area contributed by atoms with Crippen molar-refractivity contribution < 1.29 is 5.11 Å². The van der Waals surface area contributed by atoms with E-state index in [-0.39, 0.29) is 0 Å². The van der Waals surface area contributed by atoms with E-state index in [1.807, 2.05) is 13.0 Å². The first kappa shape index (κ1) is 11.3. The van der Waals surface area contributed by atoms with Gasteiger partial charge in [-0.05, 0) is 61.8 Å². The number of aromatic hydroxyl groups is 1. The Labute approximate surface area is 97.8 Å². The fraction of sp³-hybridized carbons (Fsp3) is 0.467. The third-order valence-electron chi connectivity index (χ3n) is 3.55. The number of phenolic OH excluding ortho intramolecular Hbond substituents is 1. The summed E-state index contributed by atoms with van der Waals surface area (Å²) in [5.74, 6) is 0.985. The summed E-state index contributed by atoms with van der Waals surface area (Å²) in [5, 5.41) is 9.81. The lowest BCUT2D eigenvalue weighted by Gasteiger charge is -2.20. The Balaban J connectivity index is 2.50. The van der Waals surface area contributed by atoms with Crippen LogP contribution in [0.4, 0.5) is 0 Å². The second-order valence-corrected chi connectivity index (χ2v) is 5.04. The monoisotopic (exact) mass is 216 g/mol. The second-order valence-electron chi connectivity index (χ2n) is 5.04. The molecule has 1 heteroatoms. The van der Waals surface area contributed by atoms with Crippen molar-refractivity contribution >= 4 is 0 Å². The van der Waals surface area contributed by atoms with Gasteiger partial charge in [-0.3, -0.25) is 0 Å². The van der Waals surface area contributed by atoms with Gasteiger partial charge in [0.05, 0.1) is 0 Å². The highest BCUT2D eigenvalue weighted by Gasteiger charge is 2.15. The quantitative estimate of drug-likeness (QED) is 0.648. The van der Waals surface area contributed by atoms with Crippen molar-refractivity contribution in [1.82, 2.24) is 0 Å². The number of benzene rings is 1. The number of fused-ring (bicyclic) bond motifs is 1. The van der Waals surface area contributed by atoms with Crippen LogP contribution in [0.2, 0.25) is 0 Å². The lowest BCUT2D eigenvalue weighted by Crippen LogP contribution is -2.04. The van der Waals surface area contributed by atoms with Crippen molar-refractivity contribution in [2.45, 2.75) is 46.0 Å². The van der Waals surface area contributed by atoms with E-state index in [0.717, 1.165) is 18.4 Å². The van der Waals surface area contributed by atoms with Crippen LogP contribution in [0.1, 0.15) is 49.3 Å². The molecule has 0 aromatic heterocycles. The Bertz CT molecular complexity index is 429. The lowest BCUT2D eigenvalue weighted by atomic mass is 9.85. The van der Waals surface area contributed by atoms with Gasteiger partial charge in [0, 0.05) is 0 Å². The predicted molar refractivity (Wildman–Crippen MR) is 68.0 cm³/mol. The third-order valence-corrected chi connectivity index (χ3v) is 3.55. The highest BCUT2D eigenvalue weighted by molar-refractivity contribution is 5.44. The van der Waals surface area contributed by atoms with Gasteiger partial charge in [-0.1, -0.05) is 24.6 Å². The topological polar surface area (TPSA) is 20.2 Å². The molecule has 1 aromatic rings. The summed E-state index contributed by atoms with van der Waals surface area (Å²) in [4.78, 5) is 0. The van der Waals surface area contributed by atoms with Crippen LogP contribution >= 0.6 is 0 Å². The molecule has 0 amide bonds. The summed E-state index contributed by atoms with van der Waals surface area (Å²) in [5.41, 5.74) is 5.14. The van der Waals surface area contributed by atoms with Gasteiger partial charge in [0.15, 0.2) is 0 Å². The molecule has 0 heterocycles. The summed E-state index contributed by atoms with van der Waals surface area (Å²) in [7, 11) is 0. The Hall–Kier alpha value is -1.24. The fourth-order valence-electron chi connectivity index (χ4n) is 2.49. The Morgan fingerprint density at radius 3 is 2.75 bits per heavy atom. The maximum absolute atomic E-state index is 9.81. The van der Waals surface area contributed by atoms with E-state index in [2.05, 4.69) is 26.0 Å². The molecule has 2 rings (SSSR count). The minimum atomic E-state index is 0.438. The van der Waals surface area contributed by atoms with Gasteiger partial charge in [-0.25, -0.2) is 0 Å². The molecule has 1 atom stereocenters. The summed E-state index contributed by atoms with van der Waals surface area (Å²) < 4.78 is 0. The molecule has 1 nitrogen and oxygen atoms in total. The molecule has 0 fully saturated rings. The molecule has 1 aromatic carbocycles. The second kappa shape index (κ2) is 4.32. The van der Waals surface area contributed by atoms with Gasteiger partial charge in [0.25, 0.3) is 0 Å². The SMILES string of the molecule is C/C1=C/CC[C@@H](C)c2cc(O)c(C)cc2C1. The van der Waals surface area contributed by atoms with E-state index in [0.29, 0.717) is 11.7 Å². The first-order valence-corrected chi connectivity index (χ1v) is 6.06. The van der Waals surface area contributed by atoms with E-state index in [9.17, 15) is 5.11 Å².